The lowest BCUT2D eigenvalue weighted by atomic mass is 9.87. The Hall–Kier alpha value is -2.48. The van der Waals surface area contributed by atoms with Crippen molar-refractivity contribution in [2.45, 2.75) is 171 Å². The highest BCUT2D eigenvalue weighted by Gasteiger charge is 2.36. The van der Waals surface area contributed by atoms with Gasteiger partial charge in [-0.3, -0.25) is 0 Å². The number of unbranched alkanes of at least 4 members (excludes halogenated alkanes) is 8. The lowest BCUT2D eigenvalue weighted by molar-refractivity contribution is -0.345. The zero-order valence-electron chi connectivity index (χ0n) is 29.9. The summed E-state index contributed by atoms with van der Waals surface area (Å²) in [6, 6.07) is 9.63. The number of aryl methyl sites for hydroxylation is 4. The van der Waals surface area contributed by atoms with Gasteiger partial charge in [-0.05, 0) is 122 Å². The average Bonchev–Trinajstić information content (AvgIpc) is 3.33. The van der Waals surface area contributed by atoms with E-state index in [0.717, 1.165) is 62.8 Å². The first-order valence-corrected chi connectivity index (χ1v) is 18.7. The van der Waals surface area contributed by atoms with Crippen molar-refractivity contribution in [2.75, 3.05) is 0 Å². The van der Waals surface area contributed by atoms with E-state index >= 15 is 0 Å². The molecule has 242 valence electrons. The molecule has 0 bridgehead atoms. The van der Waals surface area contributed by atoms with Gasteiger partial charge >= 0.3 is 0 Å². The summed E-state index contributed by atoms with van der Waals surface area (Å²) in [5.41, 5.74) is 28.5. The quantitative estimate of drug-likeness (QED) is 0.107. The van der Waals surface area contributed by atoms with Crippen molar-refractivity contribution in [1.82, 2.24) is 0 Å². The fourth-order valence-corrected chi connectivity index (χ4v) is 7.63. The first-order chi connectivity index (χ1) is 21.4. The van der Waals surface area contributed by atoms with E-state index in [4.69, 9.17) is 0 Å². The van der Waals surface area contributed by atoms with E-state index in [1.807, 2.05) is 0 Å². The second-order valence-electron chi connectivity index (χ2n) is 13.0. The maximum atomic E-state index is 12.4. The summed E-state index contributed by atoms with van der Waals surface area (Å²) in [7, 11) is 0. The monoisotopic (exact) mass is 597 g/mol. The van der Waals surface area contributed by atoms with Gasteiger partial charge in [-0.1, -0.05) is 107 Å². The minimum atomic E-state index is 1.03. The Balaban J connectivity index is 2.25. The van der Waals surface area contributed by atoms with E-state index in [0.29, 0.717) is 0 Å². The van der Waals surface area contributed by atoms with Crippen LogP contribution in [0.1, 0.15) is 177 Å². The summed E-state index contributed by atoms with van der Waals surface area (Å²) in [5.74, 6) is 0. The third-order valence-electron chi connectivity index (χ3n) is 10.1. The fraction of sp³-hybridized carbons (Fsp3) is 0.619. The molecule has 2 aromatic carbocycles. The number of rotatable bonds is 20. The van der Waals surface area contributed by atoms with Crippen molar-refractivity contribution in [3.8, 4) is 0 Å². The Labute approximate surface area is 271 Å². The zero-order valence-corrected chi connectivity index (χ0v) is 29.9. The molecule has 0 amide bonds. The Bertz CT molecular complexity index is 1260. The van der Waals surface area contributed by atoms with E-state index in [1.54, 1.807) is 4.70 Å². The van der Waals surface area contributed by atoms with Crippen LogP contribution in [-0.4, -0.2) is 4.70 Å². The van der Waals surface area contributed by atoms with Crippen LogP contribution >= 0.6 is 0 Å². The highest BCUT2D eigenvalue weighted by atomic mass is 15.2. The van der Waals surface area contributed by atoms with Crippen LogP contribution in [0, 0.1) is 0 Å². The largest absolute Gasteiger partial charge is 0.493 e. The Morgan fingerprint density at radius 3 is 1.07 bits per heavy atom. The summed E-state index contributed by atoms with van der Waals surface area (Å²) in [6.45, 7) is 18.3. The zero-order chi connectivity index (χ0) is 32.1. The molecule has 1 heterocycles. The van der Waals surface area contributed by atoms with Gasteiger partial charge in [-0.2, -0.15) is 0 Å². The van der Waals surface area contributed by atoms with Crippen molar-refractivity contribution in [3.05, 3.63) is 85.5 Å². The standard InChI is InChI=1S/C42H64N2/c1-9-17-19-21-22-24-26-40-39(25-23-20-18-10-2)41(35-27-31(11-3)37(15-7)32(12-4)28-35)44(43)42(40)36-29-33(13-5)38(16-8)34(14-6)30-36/h27-30H,9-26H2,1-8H3. The third kappa shape index (κ3) is 8.41. The molecule has 0 unspecified atom stereocenters. The van der Waals surface area contributed by atoms with Crippen LogP contribution in [0.25, 0.3) is 16.9 Å². The minimum Gasteiger partial charge on any atom is -0.493 e. The second kappa shape index (κ2) is 18.5. The first kappa shape index (κ1) is 36.0. The van der Waals surface area contributed by atoms with Crippen LogP contribution in [0.5, 0.6) is 0 Å². The van der Waals surface area contributed by atoms with Gasteiger partial charge in [-0.15, -0.1) is 0 Å². The molecule has 0 aliphatic carbocycles. The normalized spacial score (nSPS) is 13.6. The smallest absolute Gasteiger partial charge is 0.211 e. The molecule has 0 fully saturated rings. The highest BCUT2D eigenvalue weighted by Crippen LogP contribution is 2.46. The molecule has 0 saturated carbocycles. The summed E-state index contributed by atoms with van der Waals surface area (Å²) < 4.78 is 1.64. The van der Waals surface area contributed by atoms with Crippen LogP contribution in [-0.2, 0) is 38.5 Å². The Morgan fingerprint density at radius 1 is 0.432 bits per heavy atom. The molecular formula is C42H64N2. The van der Waals surface area contributed by atoms with E-state index in [2.05, 4.69) is 79.7 Å². The van der Waals surface area contributed by atoms with Crippen molar-refractivity contribution in [1.29, 1.82) is 0 Å². The van der Waals surface area contributed by atoms with Gasteiger partial charge in [0, 0.05) is 22.3 Å². The van der Waals surface area contributed by atoms with E-state index in [1.165, 1.54) is 120 Å². The van der Waals surface area contributed by atoms with Gasteiger partial charge in [0.15, 0.2) is 0 Å². The van der Waals surface area contributed by atoms with Gasteiger partial charge in [0.2, 0.25) is 11.4 Å². The van der Waals surface area contributed by atoms with Gasteiger partial charge in [0.25, 0.3) is 0 Å². The van der Waals surface area contributed by atoms with E-state index in [-0.39, 0.29) is 0 Å². The summed E-state index contributed by atoms with van der Waals surface area (Å²) in [4.78, 5) is 0. The molecule has 0 aromatic heterocycles. The molecular weight excluding hydrogens is 532 g/mol. The van der Waals surface area contributed by atoms with Crippen molar-refractivity contribution in [2.24, 2.45) is 0 Å². The summed E-state index contributed by atoms with van der Waals surface area (Å²) in [5, 5.41) is 0. The maximum Gasteiger partial charge on any atom is 0.211 e. The number of benzene rings is 2. The minimum absolute atomic E-state index is 1.03. The predicted octanol–water partition coefficient (Wildman–Crippen LogP) is 13.0. The third-order valence-corrected chi connectivity index (χ3v) is 10.1. The van der Waals surface area contributed by atoms with Crippen LogP contribution in [0.2, 0.25) is 0 Å². The number of allylic oxidation sites excluding steroid dienone is 2. The number of nitrogens with zero attached hydrogens (tertiary/aromatic N) is 2. The highest BCUT2D eigenvalue weighted by molar-refractivity contribution is 5.83. The topological polar surface area (TPSA) is 25.3 Å². The maximum absolute atomic E-state index is 12.4. The number of hydrogen-bond acceptors (Lipinski definition) is 0. The molecule has 1 aliphatic rings. The average molecular weight is 597 g/mol. The van der Waals surface area contributed by atoms with Crippen LogP contribution in [0.4, 0.5) is 0 Å². The molecule has 0 spiro atoms. The lowest BCUT2D eigenvalue weighted by Crippen LogP contribution is -2.07. The Morgan fingerprint density at radius 2 is 0.750 bits per heavy atom. The summed E-state index contributed by atoms with van der Waals surface area (Å²) in [6.07, 6.45) is 21.0. The van der Waals surface area contributed by atoms with Crippen molar-refractivity contribution in [3.63, 3.8) is 0 Å². The molecule has 1 aliphatic heterocycles. The molecule has 2 heteroatoms. The van der Waals surface area contributed by atoms with Gasteiger partial charge < -0.3 is 5.53 Å². The molecule has 0 atom stereocenters. The molecule has 2 aromatic rings. The van der Waals surface area contributed by atoms with Crippen LogP contribution < -0.4 is 0 Å². The van der Waals surface area contributed by atoms with Crippen molar-refractivity contribution >= 4 is 11.4 Å². The molecule has 0 N–H and O–H groups in total. The van der Waals surface area contributed by atoms with Crippen LogP contribution in [0.15, 0.2) is 35.4 Å². The predicted molar refractivity (Wildman–Crippen MR) is 193 cm³/mol. The number of hydrogen-bond donors (Lipinski definition) is 0. The van der Waals surface area contributed by atoms with Gasteiger partial charge in [-0.25, -0.2) is 4.70 Å². The van der Waals surface area contributed by atoms with Crippen LogP contribution in [0.3, 0.4) is 0 Å². The molecule has 44 heavy (non-hydrogen) atoms. The lowest BCUT2D eigenvalue weighted by Gasteiger charge is -2.17. The molecule has 0 saturated heterocycles. The summed E-state index contributed by atoms with van der Waals surface area (Å²) >= 11 is 0. The molecule has 3 rings (SSSR count). The fourth-order valence-electron chi connectivity index (χ4n) is 7.63. The van der Waals surface area contributed by atoms with E-state index in [9.17, 15) is 5.53 Å². The van der Waals surface area contributed by atoms with E-state index < -0.39 is 0 Å². The SMILES string of the molecule is CCCCCCCCC1=C(c2cc(CC)c(CC)c(CC)c2)[N+](=[N-])C(c2cc(CC)c(CC)c(CC)c2)=C1CCCCCC. The molecule has 0 radical (unpaired) electrons. The van der Waals surface area contributed by atoms with Gasteiger partial charge in [0.1, 0.15) is 0 Å². The van der Waals surface area contributed by atoms with Gasteiger partial charge in [0.05, 0.1) is 0 Å². The molecule has 2 nitrogen and oxygen atoms in total. The first-order valence-electron chi connectivity index (χ1n) is 18.7. The van der Waals surface area contributed by atoms with Crippen molar-refractivity contribution < 1.29 is 4.70 Å². The second-order valence-corrected chi connectivity index (χ2v) is 13.0. The Kier molecular flexibility index (Phi) is 15.1.